The second-order valence-electron chi connectivity index (χ2n) is 4.48. The number of rotatable bonds is 3. The average molecular weight is 390 g/mol. The van der Waals surface area contributed by atoms with E-state index in [-0.39, 0.29) is 6.04 Å². The van der Waals surface area contributed by atoms with Gasteiger partial charge in [-0.3, -0.25) is 0 Å². The normalized spacial score (nSPS) is 13.0. The van der Waals surface area contributed by atoms with Gasteiger partial charge in [0.15, 0.2) is 0 Å². The molecule has 0 saturated heterocycles. The summed E-state index contributed by atoms with van der Waals surface area (Å²) in [5.74, 6) is 1.26. The van der Waals surface area contributed by atoms with Gasteiger partial charge in [0, 0.05) is 9.35 Å². The van der Waals surface area contributed by atoms with Crippen molar-refractivity contribution in [3.05, 3.63) is 49.8 Å². The lowest BCUT2D eigenvalue weighted by atomic mass is 10.2. The number of imidazole rings is 1. The Hall–Kier alpha value is -0.550. The maximum Gasteiger partial charge on any atom is 0.125 e. The van der Waals surface area contributed by atoms with E-state index in [4.69, 9.17) is 23.2 Å². The van der Waals surface area contributed by atoms with Crippen LogP contribution in [0.2, 0.25) is 4.34 Å². The quantitative estimate of drug-likeness (QED) is 0.512. The highest BCUT2D eigenvalue weighted by Gasteiger charge is 2.18. The van der Waals surface area contributed by atoms with Gasteiger partial charge in [-0.2, -0.15) is 0 Å². The molecule has 0 N–H and O–H groups in total. The van der Waals surface area contributed by atoms with Gasteiger partial charge in [-0.1, -0.05) is 27.5 Å². The van der Waals surface area contributed by atoms with E-state index in [1.807, 2.05) is 18.2 Å². The molecule has 2 heterocycles. The Morgan fingerprint density at radius 1 is 1.35 bits per heavy atom. The number of hydrogen-bond donors (Lipinski definition) is 0. The van der Waals surface area contributed by atoms with Crippen LogP contribution in [0.25, 0.3) is 11.0 Å². The zero-order valence-electron chi connectivity index (χ0n) is 10.6. The van der Waals surface area contributed by atoms with Crippen molar-refractivity contribution >= 4 is 61.5 Å². The van der Waals surface area contributed by atoms with Crippen molar-refractivity contribution in [2.24, 2.45) is 0 Å². The third-order valence-corrected chi connectivity index (χ3v) is 5.37. The third kappa shape index (κ3) is 2.50. The number of thiophene rings is 1. The first-order valence-electron chi connectivity index (χ1n) is 6.07. The second-order valence-corrected chi connectivity index (χ2v) is 7.41. The second kappa shape index (κ2) is 5.68. The third-order valence-electron chi connectivity index (χ3n) is 3.24. The number of alkyl halides is 1. The van der Waals surface area contributed by atoms with Crippen LogP contribution in [0.3, 0.4) is 0 Å². The Morgan fingerprint density at radius 2 is 2.15 bits per heavy atom. The van der Waals surface area contributed by atoms with Gasteiger partial charge in [0.05, 0.1) is 27.3 Å². The number of halogens is 3. The number of nitrogens with zero attached hydrogens (tertiary/aromatic N) is 2. The summed E-state index contributed by atoms with van der Waals surface area (Å²) in [6.07, 6.45) is 0. The zero-order chi connectivity index (χ0) is 14.3. The van der Waals surface area contributed by atoms with Crippen molar-refractivity contribution in [1.29, 1.82) is 0 Å². The van der Waals surface area contributed by atoms with Crippen molar-refractivity contribution in [3.8, 4) is 0 Å². The van der Waals surface area contributed by atoms with Gasteiger partial charge >= 0.3 is 0 Å². The molecule has 0 radical (unpaired) electrons. The maximum absolute atomic E-state index is 6.06. The Morgan fingerprint density at radius 3 is 2.80 bits per heavy atom. The average Bonchev–Trinajstić information content (AvgIpc) is 3.01. The predicted octanol–water partition coefficient (Wildman–Crippen LogP) is 5.86. The van der Waals surface area contributed by atoms with Crippen molar-refractivity contribution in [1.82, 2.24) is 9.55 Å². The molecule has 3 aromatic rings. The highest BCUT2D eigenvalue weighted by Crippen LogP contribution is 2.33. The van der Waals surface area contributed by atoms with Crippen LogP contribution in [0.15, 0.2) is 34.8 Å². The molecular formula is C14H11BrCl2N2S. The number of aromatic nitrogens is 2. The molecule has 0 aliphatic heterocycles. The summed E-state index contributed by atoms with van der Waals surface area (Å²) < 4.78 is 4.00. The summed E-state index contributed by atoms with van der Waals surface area (Å²) >= 11 is 17.2. The van der Waals surface area contributed by atoms with Gasteiger partial charge in [-0.15, -0.1) is 22.9 Å². The summed E-state index contributed by atoms with van der Waals surface area (Å²) in [7, 11) is 0. The molecule has 0 aliphatic rings. The van der Waals surface area contributed by atoms with Crippen LogP contribution in [0.4, 0.5) is 0 Å². The highest BCUT2D eigenvalue weighted by molar-refractivity contribution is 9.10. The van der Waals surface area contributed by atoms with Crippen molar-refractivity contribution in [2.45, 2.75) is 18.8 Å². The first-order valence-corrected chi connectivity index (χ1v) is 8.60. The number of benzene rings is 1. The van der Waals surface area contributed by atoms with E-state index < -0.39 is 0 Å². The van der Waals surface area contributed by atoms with Gasteiger partial charge in [-0.25, -0.2) is 4.98 Å². The number of fused-ring (bicyclic) bond motifs is 1. The van der Waals surface area contributed by atoms with Crippen LogP contribution in [-0.2, 0) is 5.88 Å². The molecule has 1 unspecified atom stereocenters. The molecule has 1 atom stereocenters. The molecule has 3 rings (SSSR count). The van der Waals surface area contributed by atoms with Crippen molar-refractivity contribution in [3.63, 3.8) is 0 Å². The van der Waals surface area contributed by atoms with Crippen LogP contribution >= 0.6 is 50.5 Å². The van der Waals surface area contributed by atoms with Crippen molar-refractivity contribution < 1.29 is 0 Å². The lowest BCUT2D eigenvalue weighted by Crippen LogP contribution is -2.08. The minimum absolute atomic E-state index is 0.153. The molecule has 6 heteroatoms. The summed E-state index contributed by atoms with van der Waals surface area (Å²) in [5, 5.41) is 0. The smallest absolute Gasteiger partial charge is 0.125 e. The first kappa shape index (κ1) is 14.4. The molecule has 0 aliphatic carbocycles. The Bertz CT molecular complexity index is 766. The minimum Gasteiger partial charge on any atom is -0.319 e. The van der Waals surface area contributed by atoms with E-state index in [0.29, 0.717) is 5.88 Å². The summed E-state index contributed by atoms with van der Waals surface area (Å²) in [5.41, 5.74) is 2.03. The lowest BCUT2D eigenvalue weighted by Gasteiger charge is -2.15. The minimum atomic E-state index is 0.153. The molecule has 0 fully saturated rings. The predicted molar refractivity (Wildman–Crippen MR) is 90.1 cm³/mol. The van der Waals surface area contributed by atoms with E-state index in [1.54, 1.807) is 11.3 Å². The fourth-order valence-corrected chi connectivity index (χ4v) is 3.96. The van der Waals surface area contributed by atoms with Gasteiger partial charge < -0.3 is 4.57 Å². The lowest BCUT2D eigenvalue weighted by molar-refractivity contribution is 0.644. The molecular weight excluding hydrogens is 379 g/mol. The molecule has 2 nitrogen and oxygen atoms in total. The van der Waals surface area contributed by atoms with Crippen LogP contribution < -0.4 is 0 Å². The molecule has 0 spiro atoms. The van der Waals surface area contributed by atoms with Gasteiger partial charge in [0.25, 0.3) is 0 Å². The Labute approximate surface area is 139 Å². The van der Waals surface area contributed by atoms with E-state index in [0.717, 1.165) is 25.7 Å². The van der Waals surface area contributed by atoms with E-state index in [9.17, 15) is 0 Å². The molecule has 0 amide bonds. The Kier molecular flexibility index (Phi) is 4.09. The van der Waals surface area contributed by atoms with Gasteiger partial charge in [0.1, 0.15) is 5.82 Å². The topological polar surface area (TPSA) is 17.8 Å². The van der Waals surface area contributed by atoms with Crippen LogP contribution in [0.1, 0.15) is 23.7 Å². The zero-order valence-corrected chi connectivity index (χ0v) is 14.5. The van der Waals surface area contributed by atoms with Crippen LogP contribution in [-0.4, -0.2) is 9.55 Å². The van der Waals surface area contributed by atoms with Crippen LogP contribution in [0, 0.1) is 0 Å². The van der Waals surface area contributed by atoms with E-state index in [1.165, 1.54) is 4.88 Å². The largest absolute Gasteiger partial charge is 0.319 e. The maximum atomic E-state index is 6.06. The molecule has 1 aromatic carbocycles. The monoisotopic (exact) mass is 388 g/mol. The fraction of sp³-hybridized carbons (Fsp3) is 0.214. The van der Waals surface area contributed by atoms with E-state index >= 15 is 0 Å². The summed E-state index contributed by atoms with van der Waals surface area (Å²) in [4.78, 5) is 5.80. The standard InChI is InChI=1S/C14H11BrCl2N2S/c1-8(12-4-5-13(17)20-12)19-11-6-9(15)2-3-10(11)18-14(19)7-16/h2-6,8H,7H2,1H3. The SMILES string of the molecule is CC(c1ccc(Cl)s1)n1c(CCl)nc2ccc(Br)cc21. The molecule has 20 heavy (non-hydrogen) atoms. The molecule has 2 aromatic heterocycles. The van der Waals surface area contributed by atoms with Gasteiger partial charge in [-0.05, 0) is 37.3 Å². The Balaban J connectivity index is 2.20. The fourth-order valence-electron chi connectivity index (χ4n) is 2.32. The van der Waals surface area contributed by atoms with Gasteiger partial charge in [0.2, 0.25) is 0 Å². The highest BCUT2D eigenvalue weighted by atomic mass is 79.9. The van der Waals surface area contributed by atoms with E-state index in [2.05, 4.69) is 44.5 Å². The molecule has 0 saturated carbocycles. The molecule has 0 bridgehead atoms. The molecule has 104 valence electrons. The first-order chi connectivity index (χ1) is 9.60. The summed E-state index contributed by atoms with van der Waals surface area (Å²) in [6, 6.07) is 10.2. The summed E-state index contributed by atoms with van der Waals surface area (Å²) in [6.45, 7) is 2.14. The van der Waals surface area contributed by atoms with Crippen molar-refractivity contribution in [2.75, 3.05) is 0 Å². The number of hydrogen-bond acceptors (Lipinski definition) is 2. The van der Waals surface area contributed by atoms with Crippen LogP contribution in [0.5, 0.6) is 0 Å².